The van der Waals surface area contributed by atoms with Gasteiger partial charge in [-0.25, -0.2) is 4.79 Å². The van der Waals surface area contributed by atoms with Crippen LogP contribution in [0.2, 0.25) is 0 Å². The predicted molar refractivity (Wildman–Crippen MR) is 116 cm³/mol. The minimum Gasteiger partial charge on any atom is -0.493 e. The van der Waals surface area contributed by atoms with Crippen molar-refractivity contribution in [3.8, 4) is 17.2 Å². The molecule has 2 fully saturated rings. The van der Waals surface area contributed by atoms with Crippen molar-refractivity contribution < 1.29 is 28.5 Å². The van der Waals surface area contributed by atoms with E-state index in [0.717, 1.165) is 32.8 Å². The van der Waals surface area contributed by atoms with Gasteiger partial charge in [-0.1, -0.05) is 0 Å². The number of amides is 2. The Balaban J connectivity index is 0.00000320. The number of urea groups is 1. The highest BCUT2D eigenvalue weighted by atomic mass is 35.5. The van der Waals surface area contributed by atoms with Crippen LogP contribution in [0.3, 0.4) is 0 Å². The summed E-state index contributed by atoms with van der Waals surface area (Å²) in [7, 11) is 4.71. The third kappa shape index (κ3) is 5.81. The summed E-state index contributed by atoms with van der Waals surface area (Å²) in [6, 6.07) is 3.59. The molecule has 2 amide bonds. The number of hydrogen-bond donors (Lipinski definition) is 0. The quantitative estimate of drug-likeness (QED) is 0.632. The molecular formula is C20H32ClN3O6. The Bertz CT molecular complexity index is 656. The first-order valence-corrected chi connectivity index (χ1v) is 9.92. The summed E-state index contributed by atoms with van der Waals surface area (Å²) in [6.07, 6.45) is 0. The number of halogens is 1. The van der Waals surface area contributed by atoms with Crippen molar-refractivity contribution in [2.75, 3.05) is 91.9 Å². The van der Waals surface area contributed by atoms with Gasteiger partial charge in [-0.15, -0.1) is 12.4 Å². The molecular weight excluding hydrogens is 414 g/mol. The average Bonchev–Trinajstić information content (AvgIpc) is 2.79. The molecule has 170 valence electrons. The van der Waals surface area contributed by atoms with Crippen molar-refractivity contribution in [1.82, 2.24) is 9.80 Å². The molecule has 0 radical (unpaired) electrons. The maximum absolute atomic E-state index is 13.4. The van der Waals surface area contributed by atoms with Gasteiger partial charge < -0.3 is 28.6 Å². The number of morpholine rings is 2. The molecule has 2 aliphatic heterocycles. The zero-order valence-electron chi connectivity index (χ0n) is 17.9. The number of hydrogen-bond acceptors (Lipinski definition) is 7. The van der Waals surface area contributed by atoms with Crippen molar-refractivity contribution in [3.63, 3.8) is 0 Å². The van der Waals surface area contributed by atoms with Crippen LogP contribution in [0.1, 0.15) is 0 Å². The van der Waals surface area contributed by atoms with Crippen LogP contribution < -0.4 is 19.1 Å². The second kappa shape index (κ2) is 12.0. The van der Waals surface area contributed by atoms with E-state index in [1.807, 2.05) is 17.0 Å². The molecule has 0 N–H and O–H groups in total. The molecule has 2 heterocycles. The van der Waals surface area contributed by atoms with E-state index in [0.29, 0.717) is 55.8 Å². The summed E-state index contributed by atoms with van der Waals surface area (Å²) >= 11 is 0. The zero-order valence-corrected chi connectivity index (χ0v) is 18.7. The van der Waals surface area contributed by atoms with Gasteiger partial charge >= 0.3 is 6.03 Å². The largest absolute Gasteiger partial charge is 0.493 e. The number of nitrogens with zero attached hydrogens (tertiary/aromatic N) is 3. The second-order valence-electron chi connectivity index (χ2n) is 6.87. The molecule has 0 aromatic heterocycles. The van der Waals surface area contributed by atoms with Crippen LogP contribution in [0, 0.1) is 0 Å². The molecule has 0 saturated carbocycles. The van der Waals surface area contributed by atoms with E-state index in [-0.39, 0.29) is 18.4 Å². The van der Waals surface area contributed by atoms with E-state index < -0.39 is 0 Å². The Morgan fingerprint density at radius 3 is 1.97 bits per heavy atom. The molecule has 0 unspecified atom stereocenters. The number of methoxy groups -OCH3 is 3. The molecule has 30 heavy (non-hydrogen) atoms. The molecule has 1 aromatic carbocycles. The maximum Gasteiger partial charge on any atom is 0.324 e. The summed E-state index contributed by atoms with van der Waals surface area (Å²) in [6.45, 7) is 6.77. The molecule has 0 atom stereocenters. The van der Waals surface area contributed by atoms with Gasteiger partial charge in [0.2, 0.25) is 5.75 Å². The van der Waals surface area contributed by atoms with E-state index in [1.165, 1.54) is 0 Å². The lowest BCUT2D eigenvalue weighted by Crippen LogP contribution is -2.51. The molecule has 3 rings (SSSR count). The molecule has 2 aliphatic rings. The number of benzene rings is 1. The summed E-state index contributed by atoms with van der Waals surface area (Å²) in [5.74, 6) is 1.55. The summed E-state index contributed by atoms with van der Waals surface area (Å²) in [5, 5.41) is 0. The zero-order chi connectivity index (χ0) is 20.6. The summed E-state index contributed by atoms with van der Waals surface area (Å²) < 4.78 is 27.2. The average molecular weight is 446 g/mol. The predicted octanol–water partition coefficient (Wildman–Crippen LogP) is 1.72. The van der Waals surface area contributed by atoms with E-state index in [4.69, 9.17) is 23.7 Å². The van der Waals surface area contributed by atoms with Gasteiger partial charge in [0, 0.05) is 51.4 Å². The second-order valence-corrected chi connectivity index (χ2v) is 6.87. The van der Waals surface area contributed by atoms with Crippen molar-refractivity contribution in [2.45, 2.75) is 0 Å². The van der Waals surface area contributed by atoms with Gasteiger partial charge in [0.15, 0.2) is 11.5 Å². The van der Waals surface area contributed by atoms with Gasteiger partial charge in [0.25, 0.3) is 0 Å². The molecule has 2 saturated heterocycles. The van der Waals surface area contributed by atoms with E-state index >= 15 is 0 Å². The molecule has 1 aromatic rings. The van der Waals surface area contributed by atoms with Crippen LogP contribution in [0.5, 0.6) is 17.2 Å². The molecule has 10 heteroatoms. The van der Waals surface area contributed by atoms with Gasteiger partial charge in [-0.2, -0.15) is 0 Å². The third-order valence-electron chi connectivity index (χ3n) is 5.22. The third-order valence-corrected chi connectivity index (χ3v) is 5.22. The lowest BCUT2D eigenvalue weighted by Gasteiger charge is -2.35. The van der Waals surface area contributed by atoms with Crippen molar-refractivity contribution in [3.05, 3.63) is 12.1 Å². The monoisotopic (exact) mass is 445 g/mol. The summed E-state index contributed by atoms with van der Waals surface area (Å²) in [5.41, 5.74) is 0.712. The van der Waals surface area contributed by atoms with Gasteiger partial charge in [-0.3, -0.25) is 9.80 Å². The van der Waals surface area contributed by atoms with Crippen LogP contribution in [-0.2, 0) is 9.47 Å². The standard InChI is InChI=1S/C20H31N3O6.ClH/c1-25-17-14-16(15-18(26-2)19(17)27-3)23(5-4-21-6-10-28-11-7-21)20(24)22-8-12-29-13-9-22;/h14-15H,4-13H2,1-3H3;1H. The van der Waals surface area contributed by atoms with Crippen LogP contribution in [0.15, 0.2) is 12.1 Å². The van der Waals surface area contributed by atoms with Crippen LogP contribution in [0.4, 0.5) is 10.5 Å². The van der Waals surface area contributed by atoms with Gasteiger partial charge in [-0.05, 0) is 0 Å². The molecule has 0 bridgehead atoms. The Hall–Kier alpha value is -1.94. The Labute approximate surface area is 184 Å². The first-order chi connectivity index (χ1) is 14.2. The first kappa shape index (κ1) is 24.3. The molecule has 9 nitrogen and oxygen atoms in total. The van der Waals surface area contributed by atoms with Crippen molar-refractivity contribution in [2.24, 2.45) is 0 Å². The summed E-state index contributed by atoms with van der Waals surface area (Å²) in [4.78, 5) is 19.3. The lowest BCUT2D eigenvalue weighted by atomic mass is 10.2. The Kier molecular flexibility index (Phi) is 9.77. The lowest BCUT2D eigenvalue weighted by molar-refractivity contribution is 0.0386. The Morgan fingerprint density at radius 1 is 0.933 bits per heavy atom. The fourth-order valence-electron chi connectivity index (χ4n) is 3.55. The number of rotatable bonds is 7. The van der Waals surface area contributed by atoms with Crippen LogP contribution >= 0.6 is 12.4 Å². The fraction of sp³-hybridized carbons (Fsp3) is 0.650. The number of ether oxygens (including phenoxy) is 5. The van der Waals surface area contributed by atoms with Crippen LogP contribution in [0.25, 0.3) is 0 Å². The van der Waals surface area contributed by atoms with Crippen molar-refractivity contribution >= 4 is 24.1 Å². The minimum atomic E-state index is -0.0455. The normalized spacial score (nSPS) is 17.1. The highest BCUT2D eigenvalue weighted by Crippen LogP contribution is 2.41. The SMILES string of the molecule is COc1cc(N(CCN2CCOCC2)C(=O)N2CCOCC2)cc(OC)c1OC.Cl. The van der Waals surface area contributed by atoms with E-state index in [1.54, 1.807) is 26.2 Å². The van der Waals surface area contributed by atoms with Crippen molar-refractivity contribution in [1.29, 1.82) is 0 Å². The smallest absolute Gasteiger partial charge is 0.324 e. The topological polar surface area (TPSA) is 72.9 Å². The molecule has 0 aliphatic carbocycles. The van der Waals surface area contributed by atoms with E-state index in [9.17, 15) is 4.79 Å². The number of carbonyl (C=O) groups is 1. The number of carbonyl (C=O) groups excluding carboxylic acids is 1. The molecule has 0 spiro atoms. The van der Waals surface area contributed by atoms with Gasteiger partial charge in [0.05, 0.1) is 53.4 Å². The van der Waals surface area contributed by atoms with Gasteiger partial charge in [0.1, 0.15) is 0 Å². The fourth-order valence-corrected chi connectivity index (χ4v) is 3.55. The highest BCUT2D eigenvalue weighted by Gasteiger charge is 2.27. The highest BCUT2D eigenvalue weighted by molar-refractivity contribution is 5.93. The van der Waals surface area contributed by atoms with E-state index in [2.05, 4.69) is 4.90 Å². The maximum atomic E-state index is 13.4. The Morgan fingerprint density at radius 2 is 1.47 bits per heavy atom. The number of anilines is 1. The minimum absolute atomic E-state index is 0. The first-order valence-electron chi connectivity index (χ1n) is 9.92. The van der Waals surface area contributed by atoms with Crippen LogP contribution in [-0.4, -0.2) is 103 Å².